The highest BCUT2D eigenvalue weighted by molar-refractivity contribution is 5.79. The molecule has 1 amide bonds. The van der Waals surface area contributed by atoms with Crippen molar-refractivity contribution in [3.05, 3.63) is 35.9 Å². The minimum atomic E-state index is 0.232. The normalized spacial score (nSPS) is 25.4. The summed E-state index contributed by atoms with van der Waals surface area (Å²) in [5.74, 6) is 0.609. The molecule has 2 fully saturated rings. The van der Waals surface area contributed by atoms with E-state index in [0.29, 0.717) is 11.9 Å². The van der Waals surface area contributed by atoms with Gasteiger partial charge < -0.3 is 9.80 Å². The average Bonchev–Trinajstić information content (AvgIpc) is 2.56. The van der Waals surface area contributed by atoms with E-state index in [9.17, 15) is 4.79 Å². The van der Waals surface area contributed by atoms with Crippen molar-refractivity contribution in [2.24, 2.45) is 5.92 Å². The van der Waals surface area contributed by atoms with Crippen LogP contribution in [0.15, 0.2) is 30.3 Å². The summed E-state index contributed by atoms with van der Waals surface area (Å²) < 4.78 is 0. The number of likely N-dealkylation sites (N-methyl/N-ethyl adjacent to an activating group) is 1. The Bertz CT molecular complexity index is 496. The van der Waals surface area contributed by atoms with E-state index in [1.54, 1.807) is 0 Å². The van der Waals surface area contributed by atoms with Gasteiger partial charge in [-0.2, -0.15) is 0 Å². The molecule has 2 saturated heterocycles. The fraction of sp³-hybridized carbons (Fsp3) is 0.611. The predicted molar refractivity (Wildman–Crippen MR) is 88.6 cm³/mol. The van der Waals surface area contributed by atoms with Crippen LogP contribution in [-0.4, -0.2) is 67.4 Å². The maximum absolute atomic E-state index is 12.8. The van der Waals surface area contributed by atoms with E-state index >= 15 is 0 Å². The Hall–Kier alpha value is -1.39. The van der Waals surface area contributed by atoms with Crippen molar-refractivity contribution in [3.63, 3.8) is 0 Å². The summed E-state index contributed by atoms with van der Waals surface area (Å²) in [7, 11) is 4.30. The predicted octanol–water partition coefficient (Wildman–Crippen LogP) is 1.84. The highest BCUT2D eigenvalue weighted by Gasteiger charge is 2.32. The van der Waals surface area contributed by atoms with Gasteiger partial charge in [-0.05, 0) is 45.6 Å². The first kappa shape index (κ1) is 15.5. The largest absolute Gasteiger partial charge is 0.339 e. The third kappa shape index (κ3) is 3.33. The standard InChI is InChI=1S/C18H27N3O/c1-19-10-8-16(9-11-19)18(22)21-13-12-20(2)17(14-21)15-6-4-3-5-7-15/h3-7,16-17H,8-14H2,1-2H3/t17-/m1/s1. The first-order chi connectivity index (χ1) is 10.6. The van der Waals surface area contributed by atoms with Crippen LogP contribution in [0.25, 0.3) is 0 Å². The van der Waals surface area contributed by atoms with Crippen molar-refractivity contribution in [2.45, 2.75) is 18.9 Å². The molecule has 4 nitrogen and oxygen atoms in total. The molecule has 0 N–H and O–H groups in total. The smallest absolute Gasteiger partial charge is 0.225 e. The first-order valence-electron chi connectivity index (χ1n) is 8.37. The molecule has 1 atom stereocenters. The second-order valence-corrected chi connectivity index (χ2v) is 6.77. The zero-order chi connectivity index (χ0) is 15.5. The second-order valence-electron chi connectivity index (χ2n) is 6.77. The molecule has 2 aliphatic rings. The summed E-state index contributed by atoms with van der Waals surface area (Å²) in [6.07, 6.45) is 2.02. The number of piperazine rings is 1. The Morgan fingerprint density at radius 3 is 2.36 bits per heavy atom. The second kappa shape index (κ2) is 6.80. The fourth-order valence-electron chi connectivity index (χ4n) is 3.62. The molecule has 0 aromatic heterocycles. The van der Waals surface area contributed by atoms with Gasteiger partial charge in [0.1, 0.15) is 0 Å². The lowest BCUT2D eigenvalue weighted by Gasteiger charge is -2.41. The van der Waals surface area contributed by atoms with Crippen LogP contribution in [0, 0.1) is 5.92 Å². The van der Waals surface area contributed by atoms with Gasteiger partial charge in [-0.25, -0.2) is 0 Å². The molecule has 2 heterocycles. The molecule has 1 aromatic carbocycles. The Labute approximate surface area is 133 Å². The molecule has 0 bridgehead atoms. The van der Waals surface area contributed by atoms with Gasteiger partial charge in [0.25, 0.3) is 0 Å². The lowest BCUT2D eigenvalue weighted by Crippen LogP contribution is -2.51. The van der Waals surface area contributed by atoms with E-state index in [4.69, 9.17) is 0 Å². The van der Waals surface area contributed by atoms with Crippen LogP contribution in [-0.2, 0) is 4.79 Å². The molecule has 0 aliphatic carbocycles. The number of benzene rings is 1. The van der Waals surface area contributed by atoms with Crippen LogP contribution in [0.2, 0.25) is 0 Å². The highest BCUT2D eigenvalue weighted by atomic mass is 16.2. The SMILES string of the molecule is CN1CCC(C(=O)N2CCN(C)[C@@H](c3ccccc3)C2)CC1. The monoisotopic (exact) mass is 301 g/mol. The summed E-state index contributed by atoms with van der Waals surface area (Å²) in [6.45, 7) is 4.74. The number of amides is 1. The minimum absolute atomic E-state index is 0.232. The zero-order valence-corrected chi connectivity index (χ0v) is 13.7. The van der Waals surface area contributed by atoms with Crippen LogP contribution >= 0.6 is 0 Å². The fourth-order valence-corrected chi connectivity index (χ4v) is 3.62. The van der Waals surface area contributed by atoms with E-state index < -0.39 is 0 Å². The number of hydrogen-bond donors (Lipinski definition) is 0. The molecular formula is C18H27N3O. The summed E-state index contributed by atoms with van der Waals surface area (Å²) >= 11 is 0. The third-order valence-electron chi connectivity index (χ3n) is 5.21. The number of carbonyl (C=O) groups excluding carboxylic acids is 1. The Morgan fingerprint density at radius 1 is 1.00 bits per heavy atom. The Morgan fingerprint density at radius 2 is 1.68 bits per heavy atom. The number of piperidine rings is 1. The number of rotatable bonds is 2. The Kier molecular flexibility index (Phi) is 4.79. The minimum Gasteiger partial charge on any atom is -0.339 e. The molecule has 22 heavy (non-hydrogen) atoms. The highest BCUT2D eigenvalue weighted by Crippen LogP contribution is 2.26. The molecular weight excluding hydrogens is 274 g/mol. The summed E-state index contributed by atoms with van der Waals surface area (Å²) in [6, 6.07) is 10.9. The van der Waals surface area contributed by atoms with Crippen LogP contribution in [0.4, 0.5) is 0 Å². The van der Waals surface area contributed by atoms with Crippen molar-refractivity contribution in [1.29, 1.82) is 0 Å². The molecule has 120 valence electrons. The molecule has 2 aliphatic heterocycles. The molecule has 0 spiro atoms. The summed E-state index contributed by atoms with van der Waals surface area (Å²) in [4.78, 5) is 19.6. The molecule has 0 radical (unpaired) electrons. The van der Waals surface area contributed by atoms with Crippen molar-refractivity contribution in [2.75, 3.05) is 46.8 Å². The number of carbonyl (C=O) groups is 1. The van der Waals surface area contributed by atoms with Crippen LogP contribution < -0.4 is 0 Å². The van der Waals surface area contributed by atoms with Crippen LogP contribution in [0.3, 0.4) is 0 Å². The van der Waals surface area contributed by atoms with E-state index in [2.05, 4.69) is 53.1 Å². The number of hydrogen-bond acceptors (Lipinski definition) is 3. The van der Waals surface area contributed by atoms with Crippen LogP contribution in [0.5, 0.6) is 0 Å². The maximum atomic E-state index is 12.8. The molecule has 3 rings (SSSR count). The van der Waals surface area contributed by atoms with Gasteiger partial charge in [0.15, 0.2) is 0 Å². The molecule has 0 saturated carbocycles. The van der Waals surface area contributed by atoms with E-state index in [1.165, 1.54) is 5.56 Å². The van der Waals surface area contributed by atoms with Gasteiger partial charge >= 0.3 is 0 Å². The maximum Gasteiger partial charge on any atom is 0.225 e. The quantitative estimate of drug-likeness (QED) is 0.834. The molecule has 1 aromatic rings. The average molecular weight is 301 g/mol. The van der Waals surface area contributed by atoms with Crippen molar-refractivity contribution in [3.8, 4) is 0 Å². The summed E-state index contributed by atoms with van der Waals surface area (Å²) in [5.41, 5.74) is 1.31. The van der Waals surface area contributed by atoms with Crippen molar-refractivity contribution >= 4 is 5.91 Å². The third-order valence-corrected chi connectivity index (χ3v) is 5.21. The van der Waals surface area contributed by atoms with Gasteiger partial charge in [-0.3, -0.25) is 9.69 Å². The van der Waals surface area contributed by atoms with Crippen molar-refractivity contribution in [1.82, 2.24) is 14.7 Å². The Balaban J connectivity index is 1.66. The van der Waals surface area contributed by atoms with E-state index in [1.807, 2.05) is 6.07 Å². The molecule has 0 unspecified atom stereocenters. The van der Waals surface area contributed by atoms with E-state index in [-0.39, 0.29) is 5.92 Å². The lowest BCUT2D eigenvalue weighted by molar-refractivity contribution is -0.139. The van der Waals surface area contributed by atoms with Gasteiger partial charge in [0, 0.05) is 25.6 Å². The molecule has 4 heteroatoms. The lowest BCUT2D eigenvalue weighted by atomic mass is 9.94. The van der Waals surface area contributed by atoms with Gasteiger partial charge in [0.05, 0.1) is 6.04 Å². The summed E-state index contributed by atoms with van der Waals surface area (Å²) in [5, 5.41) is 0. The van der Waals surface area contributed by atoms with Crippen molar-refractivity contribution < 1.29 is 4.79 Å². The topological polar surface area (TPSA) is 26.8 Å². The van der Waals surface area contributed by atoms with Crippen LogP contribution in [0.1, 0.15) is 24.4 Å². The van der Waals surface area contributed by atoms with Gasteiger partial charge in [-0.15, -0.1) is 0 Å². The van der Waals surface area contributed by atoms with Gasteiger partial charge in [0.2, 0.25) is 5.91 Å². The van der Waals surface area contributed by atoms with Gasteiger partial charge in [-0.1, -0.05) is 30.3 Å². The zero-order valence-electron chi connectivity index (χ0n) is 13.7. The number of likely N-dealkylation sites (tertiary alicyclic amines) is 1. The van der Waals surface area contributed by atoms with E-state index in [0.717, 1.165) is 45.6 Å². The first-order valence-corrected chi connectivity index (χ1v) is 8.37. The number of nitrogens with zero attached hydrogens (tertiary/aromatic N) is 3.